The maximum absolute atomic E-state index is 10.3. The van der Waals surface area contributed by atoms with Gasteiger partial charge in [0.25, 0.3) is 0 Å². The Morgan fingerprint density at radius 2 is 2.10 bits per heavy atom. The van der Waals surface area contributed by atoms with Gasteiger partial charge in [0.2, 0.25) is 0 Å². The largest absolute Gasteiger partial charge is 0.385 e. The molecule has 21 heavy (non-hydrogen) atoms. The molecule has 0 bridgehead atoms. The highest BCUT2D eigenvalue weighted by Gasteiger charge is 2.44. The summed E-state index contributed by atoms with van der Waals surface area (Å²) in [5.74, 6) is 0. The molecule has 2 rings (SSSR count). The van der Waals surface area contributed by atoms with E-state index in [0.29, 0.717) is 6.61 Å². The molecule has 5 atom stereocenters. The van der Waals surface area contributed by atoms with Crippen LogP contribution in [-0.4, -0.2) is 42.9 Å². The zero-order valence-corrected chi connectivity index (χ0v) is 12.0. The van der Waals surface area contributed by atoms with Crippen molar-refractivity contribution in [1.82, 2.24) is 0 Å². The molecule has 1 N–H and O–H groups in total. The van der Waals surface area contributed by atoms with Crippen LogP contribution < -0.4 is 0 Å². The first-order chi connectivity index (χ1) is 10.2. The van der Waals surface area contributed by atoms with Crippen LogP contribution in [0.4, 0.5) is 0 Å². The highest BCUT2D eigenvalue weighted by Crippen LogP contribution is 2.27. The molecule has 0 amide bonds. The van der Waals surface area contributed by atoms with E-state index < -0.39 is 30.6 Å². The van der Waals surface area contributed by atoms with Gasteiger partial charge in [0, 0.05) is 12.0 Å². The summed E-state index contributed by atoms with van der Waals surface area (Å²) in [4.78, 5) is 2.81. The van der Waals surface area contributed by atoms with Gasteiger partial charge in [-0.15, -0.1) is 0 Å². The van der Waals surface area contributed by atoms with Crippen molar-refractivity contribution in [2.75, 3.05) is 7.11 Å². The Morgan fingerprint density at radius 3 is 2.71 bits per heavy atom. The number of hydrogen-bond donors (Lipinski definition) is 1. The third-order valence-electron chi connectivity index (χ3n) is 3.48. The predicted octanol–water partition coefficient (Wildman–Crippen LogP) is 2.00. The normalized spacial score (nSPS) is 32.4. The number of hydrogen-bond acceptors (Lipinski definition) is 5. The number of benzene rings is 1. The molecule has 0 unspecified atom stereocenters. The lowest BCUT2D eigenvalue weighted by molar-refractivity contribution is -0.269. The van der Waals surface area contributed by atoms with Gasteiger partial charge in [0.1, 0.15) is 6.10 Å². The minimum atomic E-state index is -1.02. The Hall–Kier alpha value is -1.63. The van der Waals surface area contributed by atoms with Crippen LogP contribution in [0.3, 0.4) is 0 Å². The molecule has 1 aromatic carbocycles. The molecular formula is C14H19N3O4. The molecule has 114 valence electrons. The van der Waals surface area contributed by atoms with Gasteiger partial charge in [0.05, 0.1) is 24.9 Å². The quantitative estimate of drug-likeness (QED) is 0.510. The van der Waals surface area contributed by atoms with Crippen molar-refractivity contribution in [3.05, 3.63) is 46.3 Å². The van der Waals surface area contributed by atoms with Crippen LogP contribution in [0.2, 0.25) is 0 Å². The summed E-state index contributed by atoms with van der Waals surface area (Å²) in [5.41, 5.74) is 9.65. The summed E-state index contributed by atoms with van der Waals surface area (Å²) in [6.45, 7) is 2.07. The third-order valence-corrected chi connectivity index (χ3v) is 3.48. The standard InChI is InChI=1S/C14H19N3O4/c1-9-11(16-17-15)13(12(18)14(19-2)21-9)20-8-10-6-4-3-5-7-10/h3-7,9,11-14,18H,8H2,1-2H3/t9-,11-,12-,13+,14+/m0/s1. The molecule has 1 saturated heterocycles. The average Bonchev–Trinajstić information content (AvgIpc) is 2.51. The average molecular weight is 293 g/mol. The van der Waals surface area contributed by atoms with Crippen molar-refractivity contribution in [2.45, 2.75) is 44.2 Å². The van der Waals surface area contributed by atoms with E-state index in [1.54, 1.807) is 6.92 Å². The number of nitrogens with zero attached hydrogens (tertiary/aromatic N) is 3. The molecule has 1 heterocycles. The topological polar surface area (TPSA) is 96.7 Å². The molecule has 1 aliphatic heterocycles. The van der Waals surface area contributed by atoms with Crippen LogP contribution in [0.15, 0.2) is 35.4 Å². The number of azide groups is 1. The zero-order valence-electron chi connectivity index (χ0n) is 12.0. The fourth-order valence-corrected chi connectivity index (χ4v) is 2.37. The summed E-state index contributed by atoms with van der Waals surface area (Å²) >= 11 is 0. The van der Waals surface area contributed by atoms with E-state index in [4.69, 9.17) is 19.7 Å². The Bertz CT molecular complexity index is 492. The summed E-state index contributed by atoms with van der Waals surface area (Å²) in [7, 11) is 1.45. The number of methoxy groups -OCH3 is 1. The van der Waals surface area contributed by atoms with Crippen molar-refractivity contribution < 1.29 is 19.3 Å². The second kappa shape index (κ2) is 7.40. The van der Waals surface area contributed by atoms with E-state index >= 15 is 0 Å². The predicted molar refractivity (Wildman–Crippen MR) is 75.3 cm³/mol. The van der Waals surface area contributed by atoms with Gasteiger partial charge in [0.15, 0.2) is 6.29 Å². The zero-order chi connectivity index (χ0) is 15.2. The van der Waals surface area contributed by atoms with Crippen molar-refractivity contribution >= 4 is 0 Å². The fourth-order valence-electron chi connectivity index (χ4n) is 2.37. The van der Waals surface area contributed by atoms with E-state index in [1.807, 2.05) is 30.3 Å². The van der Waals surface area contributed by atoms with Gasteiger partial charge in [-0.25, -0.2) is 0 Å². The Labute approximate surface area is 123 Å². The lowest BCUT2D eigenvalue weighted by Gasteiger charge is -2.41. The number of aliphatic hydroxyl groups excluding tert-OH is 1. The second-order valence-electron chi connectivity index (χ2n) is 4.89. The molecule has 0 spiro atoms. The minimum Gasteiger partial charge on any atom is -0.385 e. The van der Waals surface area contributed by atoms with Crippen molar-refractivity contribution in [3.8, 4) is 0 Å². The Kier molecular flexibility index (Phi) is 5.55. The number of rotatable bonds is 5. The van der Waals surface area contributed by atoms with E-state index in [0.717, 1.165) is 5.56 Å². The van der Waals surface area contributed by atoms with Crippen LogP contribution in [-0.2, 0) is 20.8 Å². The Morgan fingerprint density at radius 1 is 1.38 bits per heavy atom. The monoisotopic (exact) mass is 293 g/mol. The van der Waals surface area contributed by atoms with Crippen molar-refractivity contribution in [1.29, 1.82) is 0 Å². The smallest absolute Gasteiger partial charge is 0.185 e. The SMILES string of the molecule is CO[C@@H]1O[C@@H](C)[C@H](N=[N+]=[N-])[C@@H](OCc2ccccc2)[C@@H]1O. The number of aliphatic hydroxyl groups is 1. The van der Waals surface area contributed by atoms with E-state index in [2.05, 4.69) is 10.0 Å². The number of ether oxygens (including phenoxy) is 3. The molecular weight excluding hydrogens is 274 g/mol. The van der Waals surface area contributed by atoms with E-state index in [9.17, 15) is 5.11 Å². The van der Waals surface area contributed by atoms with Crippen molar-refractivity contribution in [2.24, 2.45) is 5.11 Å². The molecule has 0 aliphatic carbocycles. The van der Waals surface area contributed by atoms with Gasteiger partial charge in [-0.05, 0) is 18.0 Å². The summed E-state index contributed by atoms with van der Waals surface area (Å²) in [5, 5.41) is 14.0. The first-order valence-corrected chi connectivity index (χ1v) is 6.73. The van der Waals surface area contributed by atoms with Crippen LogP contribution in [0.5, 0.6) is 0 Å². The van der Waals surface area contributed by atoms with Crippen LogP contribution in [0.25, 0.3) is 10.4 Å². The second-order valence-corrected chi connectivity index (χ2v) is 4.89. The minimum absolute atomic E-state index is 0.309. The summed E-state index contributed by atoms with van der Waals surface area (Å²) in [6.07, 6.45) is -2.92. The lowest BCUT2D eigenvalue weighted by Crippen LogP contribution is -2.57. The molecule has 0 saturated carbocycles. The summed E-state index contributed by atoms with van der Waals surface area (Å²) < 4.78 is 16.3. The van der Waals surface area contributed by atoms with Gasteiger partial charge in [-0.2, -0.15) is 0 Å². The lowest BCUT2D eigenvalue weighted by atomic mass is 9.97. The van der Waals surface area contributed by atoms with Crippen LogP contribution in [0, 0.1) is 0 Å². The highest BCUT2D eigenvalue weighted by molar-refractivity contribution is 5.13. The van der Waals surface area contributed by atoms with Crippen LogP contribution >= 0.6 is 0 Å². The maximum atomic E-state index is 10.3. The highest BCUT2D eigenvalue weighted by atomic mass is 16.7. The van der Waals surface area contributed by atoms with Crippen molar-refractivity contribution in [3.63, 3.8) is 0 Å². The van der Waals surface area contributed by atoms with Gasteiger partial charge < -0.3 is 19.3 Å². The fraction of sp³-hybridized carbons (Fsp3) is 0.571. The van der Waals surface area contributed by atoms with Gasteiger partial charge in [-0.3, -0.25) is 0 Å². The van der Waals surface area contributed by atoms with E-state index in [1.165, 1.54) is 7.11 Å². The van der Waals surface area contributed by atoms with Gasteiger partial charge >= 0.3 is 0 Å². The van der Waals surface area contributed by atoms with Crippen LogP contribution in [0.1, 0.15) is 12.5 Å². The molecule has 1 fully saturated rings. The third kappa shape index (κ3) is 3.72. The maximum Gasteiger partial charge on any atom is 0.185 e. The molecule has 1 aromatic rings. The molecule has 1 aliphatic rings. The molecule has 0 radical (unpaired) electrons. The molecule has 0 aromatic heterocycles. The molecule has 7 nitrogen and oxygen atoms in total. The first-order valence-electron chi connectivity index (χ1n) is 6.73. The van der Waals surface area contributed by atoms with Gasteiger partial charge in [-0.1, -0.05) is 35.4 Å². The van der Waals surface area contributed by atoms with E-state index in [-0.39, 0.29) is 0 Å². The summed E-state index contributed by atoms with van der Waals surface area (Å²) in [6, 6.07) is 8.96. The molecule has 7 heteroatoms. The Balaban J connectivity index is 2.11. The first kappa shape index (κ1) is 15.8.